The van der Waals surface area contributed by atoms with Gasteiger partial charge in [0, 0.05) is 18.2 Å². The highest BCUT2D eigenvalue weighted by atomic mass is 32.2. The van der Waals surface area contributed by atoms with Crippen LogP contribution in [0.25, 0.3) is 0 Å². The Balaban J connectivity index is 1.45. The van der Waals surface area contributed by atoms with Crippen LogP contribution in [-0.2, 0) is 14.3 Å². The van der Waals surface area contributed by atoms with E-state index in [-0.39, 0.29) is 34.6 Å². The van der Waals surface area contributed by atoms with Crippen molar-refractivity contribution in [3.8, 4) is 0 Å². The molecule has 2 heterocycles. The van der Waals surface area contributed by atoms with Crippen LogP contribution in [0.15, 0.2) is 84.0 Å². The predicted molar refractivity (Wildman–Crippen MR) is 118 cm³/mol. The molecule has 0 unspecified atom stereocenters. The molecule has 1 aliphatic heterocycles. The molecule has 0 bridgehead atoms. The summed E-state index contributed by atoms with van der Waals surface area (Å²) in [5.41, 5.74) is 1.08. The molecule has 0 aliphatic carbocycles. The number of ether oxygens (including phenoxy) is 1. The van der Waals surface area contributed by atoms with Crippen molar-refractivity contribution >= 4 is 41.0 Å². The lowest BCUT2D eigenvalue weighted by molar-refractivity contribution is -0.121. The number of carbonyl (C=O) groups excluding carboxylic acids is 4. The van der Waals surface area contributed by atoms with Crippen molar-refractivity contribution in [3.05, 3.63) is 90.1 Å². The fraction of sp³-hybridized carbons (Fsp3) is 0.125. The van der Waals surface area contributed by atoms with Crippen molar-refractivity contribution in [2.24, 2.45) is 0 Å². The fourth-order valence-electron chi connectivity index (χ4n) is 3.24. The van der Waals surface area contributed by atoms with E-state index in [1.807, 2.05) is 0 Å². The minimum Gasteiger partial charge on any atom is -0.454 e. The van der Waals surface area contributed by atoms with Gasteiger partial charge in [0.2, 0.25) is 11.8 Å². The summed E-state index contributed by atoms with van der Waals surface area (Å²) in [5, 5.41) is -0.444. The maximum absolute atomic E-state index is 12.9. The van der Waals surface area contributed by atoms with Gasteiger partial charge >= 0.3 is 5.97 Å². The van der Waals surface area contributed by atoms with E-state index < -0.39 is 17.8 Å². The second kappa shape index (κ2) is 9.57. The molecule has 8 heteroatoms. The Morgan fingerprint density at radius 3 is 2.38 bits per heavy atom. The van der Waals surface area contributed by atoms with Gasteiger partial charge in [0.25, 0.3) is 0 Å². The van der Waals surface area contributed by atoms with Gasteiger partial charge in [-0.2, -0.15) is 0 Å². The number of para-hydroxylation sites is 1. The van der Waals surface area contributed by atoms with E-state index in [1.54, 1.807) is 66.7 Å². The highest BCUT2D eigenvalue weighted by Crippen LogP contribution is 2.34. The zero-order chi connectivity index (χ0) is 22.5. The molecule has 1 fully saturated rings. The molecule has 0 radical (unpaired) electrons. The van der Waals surface area contributed by atoms with Crippen LogP contribution >= 0.6 is 11.8 Å². The van der Waals surface area contributed by atoms with Crippen molar-refractivity contribution in [2.75, 3.05) is 11.5 Å². The number of rotatable bonds is 7. The number of pyridine rings is 1. The summed E-state index contributed by atoms with van der Waals surface area (Å²) in [6.07, 6.45) is 1.49. The van der Waals surface area contributed by atoms with E-state index in [2.05, 4.69) is 4.98 Å². The molecular weight excluding hydrogens is 428 g/mol. The highest BCUT2D eigenvalue weighted by molar-refractivity contribution is 8.00. The van der Waals surface area contributed by atoms with Crippen LogP contribution in [0.5, 0.6) is 0 Å². The van der Waals surface area contributed by atoms with Crippen LogP contribution in [-0.4, -0.2) is 40.4 Å². The molecule has 2 aromatic carbocycles. The van der Waals surface area contributed by atoms with Crippen molar-refractivity contribution in [1.82, 2.24) is 4.98 Å². The molecule has 7 nitrogen and oxygen atoms in total. The molecular formula is C24H18N2O5S. The lowest BCUT2D eigenvalue weighted by atomic mass is 10.1. The number of esters is 1. The number of carbonyl (C=O) groups is 4. The monoisotopic (exact) mass is 446 g/mol. The van der Waals surface area contributed by atoms with Gasteiger partial charge in [0.05, 0.1) is 16.5 Å². The van der Waals surface area contributed by atoms with Gasteiger partial charge in [-0.3, -0.25) is 14.4 Å². The van der Waals surface area contributed by atoms with Crippen LogP contribution in [0.2, 0.25) is 0 Å². The summed E-state index contributed by atoms with van der Waals surface area (Å²) >= 11 is 1.04. The first-order chi connectivity index (χ1) is 15.5. The lowest BCUT2D eigenvalue weighted by Gasteiger charge is -2.15. The van der Waals surface area contributed by atoms with E-state index in [1.165, 1.54) is 12.3 Å². The minimum atomic E-state index is -0.721. The zero-order valence-electron chi connectivity index (χ0n) is 16.8. The van der Waals surface area contributed by atoms with Gasteiger partial charge in [-0.05, 0) is 24.3 Å². The predicted octanol–water partition coefficient (Wildman–Crippen LogP) is 3.55. The first-order valence-corrected chi connectivity index (χ1v) is 10.7. The smallest absolute Gasteiger partial charge is 0.341 e. The Bertz CT molecular complexity index is 1170. The Morgan fingerprint density at radius 2 is 1.66 bits per heavy atom. The number of nitrogens with zero attached hydrogens (tertiary/aromatic N) is 2. The molecule has 0 spiro atoms. The summed E-state index contributed by atoms with van der Waals surface area (Å²) in [5.74, 6) is -1.73. The van der Waals surface area contributed by atoms with Gasteiger partial charge in [-0.25, -0.2) is 14.7 Å². The van der Waals surface area contributed by atoms with Crippen molar-refractivity contribution < 1.29 is 23.9 Å². The molecule has 1 aliphatic rings. The van der Waals surface area contributed by atoms with Crippen LogP contribution in [0.1, 0.15) is 27.1 Å². The second-order valence-electron chi connectivity index (χ2n) is 6.94. The number of ketones is 1. The molecule has 3 aromatic rings. The van der Waals surface area contributed by atoms with Crippen molar-refractivity contribution in [1.29, 1.82) is 0 Å². The number of amides is 2. The number of hydrogen-bond donors (Lipinski definition) is 0. The van der Waals surface area contributed by atoms with E-state index in [0.717, 1.165) is 16.7 Å². The van der Waals surface area contributed by atoms with Gasteiger partial charge in [0.15, 0.2) is 12.4 Å². The summed E-state index contributed by atoms with van der Waals surface area (Å²) in [4.78, 5) is 55.5. The lowest BCUT2D eigenvalue weighted by Crippen LogP contribution is -2.31. The van der Waals surface area contributed by atoms with Gasteiger partial charge in [-0.15, -0.1) is 0 Å². The number of thioether (sulfide) groups is 1. The van der Waals surface area contributed by atoms with Crippen molar-refractivity contribution in [2.45, 2.75) is 16.7 Å². The van der Waals surface area contributed by atoms with E-state index in [0.29, 0.717) is 11.3 Å². The molecule has 160 valence electrons. The van der Waals surface area contributed by atoms with Gasteiger partial charge in [0.1, 0.15) is 5.03 Å². The Kier molecular flexibility index (Phi) is 6.42. The third kappa shape index (κ3) is 4.60. The fourth-order valence-corrected chi connectivity index (χ4v) is 4.34. The Morgan fingerprint density at radius 1 is 0.969 bits per heavy atom. The summed E-state index contributed by atoms with van der Waals surface area (Å²) in [6, 6.07) is 20.3. The average molecular weight is 446 g/mol. The maximum atomic E-state index is 12.9. The summed E-state index contributed by atoms with van der Waals surface area (Å²) in [7, 11) is 0. The first-order valence-electron chi connectivity index (χ1n) is 9.83. The molecule has 0 N–H and O–H groups in total. The highest BCUT2D eigenvalue weighted by Gasteiger charge is 2.40. The number of Topliss-reactive ketones (excluding diaryl/α,β-unsaturated/α-hetero) is 1. The quantitative estimate of drug-likeness (QED) is 0.311. The number of benzene rings is 2. The minimum absolute atomic E-state index is 0.00402. The van der Waals surface area contributed by atoms with Crippen LogP contribution in [0.3, 0.4) is 0 Å². The molecule has 1 atom stereocenters. The first kappa shape index (κ1) is 21.5. The molecule has 0 saturated carbocycles. The molecule has 1 saturated heterocycles. The normalized spacial score (nSPS) is 15.6. The SMILES string of the molecule is O=C(COC(=O)c1cccnc1S[C@H]1CC(=O)N(c2ccccc2)C1=O)c1ccccc1. The molecule has 32 heavy (non-hydrogen) atoms. The van der Waals surface area contributed by atoms with Crippen LogP contribution in [0, 0.1) is 0 Å². The second-order valence-corrected chi connectivity index (χ2v) is 8.13. The Hall–Kier alpha value is -3.78. The van der Waals surface area contributed by atoms with Crippen molar-refractivity contribution in [3.63, 3.8) is 0 Å². The number of aromatic nitrogens is 1. The number of imide groups is 1. The number of hydrogen-bond acceptors (Lipinski definition) is 7. The Labute approximate surface area is 188 Å². The molecule has 2 amide bonds. The standard InChI is InChI=1S/C24H18N2O5S/c27-19(16-8-3-1-4-9-16)15-31-24(30)18-12-7-13-25-22(18)32-20-14-21(28)26(23(20)29)17-10-5-2-6-11-17/h1-13,20H,14-15H2/t20-/m0/s1. The summed E-state index contributed by atoms with van der Waals surface area (Å²) in [6.45, 7) is -0.412. The maximum Gasteiger partial charge on any atom is 0.341 e. The van der Waals surface area contributed by atoms with Gasteiger partial charge in [-0.1, -0.05) is 60.3 Å². The largest absolute Gasteiger partial charge is 0.454 e. The third-order valence-electron chi connectivity index (χ3n) is 4.79. The van der Waals surface area contributed by atoms with E-state index >= 15 is 0 Å². The average Bonchev–Trinajstić information content (AvgIpc) is 3.11. The molecule has 4 rings (SSSR count). The van der Waals surface area contributed by atoms with Crippen LogP contribution < -0.4 is 4.90 Å². The van der Waals surface area contributed by atoms with Gasteiger partial charge < -0.3 is 4.74 Å². The van der Waals surface area contributed by atoms with E-state index in [4.69, 9.17) is 4.74 Å². The topological polar surface area (TPSA) is 93.6 Å². The zero-order valence-corrected chi connectivity index (χ0v) is 17.7. The third-order valence-corrected chi connectivity index (χ3v) is 6.00. The van der Waals surface area contributed by atoms with E-state index in [9.17, 15) is 19.2 Å². The summed E-state index contributed by atoms with van der Waals surface area (Å²) < 4.78 is 5.18. The molecule has 1 aromatic heterocycles. The number of anilines is 1. The van der Waals surface area contributed by atoms with Crippen LogP contribution in [0.4, 0.5) is 5.69 Å².